The van der Waals surface area contributed by atoms with Gasteiger partial charge in [0.1, 0.15) is 12.4 Å². The quantitative estimate of drug-likeness (QED) is 0.348. The Morgan fingerprint density at radius 1 is 1.06 bits per heavy atom. The fraction of sp³-hybridized carbons (Fsp3) is 0.160. The number of nitriles is 1. The summed E-state index contributed by atoms with van der Waals surface area (Å²) in [6.07, 6.45) is 0.348. The van der Waals surface area contributed by atoms with Crippen molar-refractivity contribution in [2.24, 2.45) is 0 Å². The lowest BCUT2D eigenvalue weighted by Crippen LogP contribution is -2.31. The lowest BCUT2D eigenvalue weighted by Gasteiger charge is -2.16. The molecule has 5 nitrogen and oxygen atoms in total. The third-order valence-corrected chi connectivity index (χ3v) is 7.03. The van der Waals surface area contributed by atoms with Crippen molar-refractivity contribution >= 4 is 50.4 Å². The van der Waals surface area contributed by atoms with Crippen LogP contribution in [0, 0.1) is 11.3 Å². The molecule has 0 saturated carbocycles. The Bertz CT molecular complexity index is 1240. The molecule has 0 aromatic heterocycles. The second-order valence-corrected chi connectivity index (χ2v) is 9.94. The average molecular weight is 542 g/mol. The van der Waals surface area contributed by atoms with Gasteiger partial charge in [0.15, 0.2) is 0 Å². The molecule has 3 aromatic carbocycles. The molecule has 0 unspecified atom stereocenters. The summed E-state index contributed by atoms with van der Waals surface area (Å²) in [5.41, 5.74) is 2.99. The first-order valence-corrected chi connectivity index (χ1v) is 12.2. The van der Waals surface area contributed by atoms with Crippen molar-refractivity contribution < 1.29 is 14.3 Å². The molecular weight excluding hydrogens is 524 g/mol. The zero-order valence-corrected chi connectivity index (χ0v) is 20.5. The van der Waals surface area contributed by atoms with Gasteiger partial charge in [-0.25, -0.2) is 0 Å². The van der Waals surface area contributed by atoms with Gasteiger partial charge in [-0.05, 0) is 53.9 Å². The first kappa shape index (κ1) is 23.4. The van der Waals surface area contributed by atoms with E-state index in [1.54, 1.807) is 30.3 Å². The van der Waals surface area contributed by atoms with Gasteiger partial charge in [-0.3, -0.25) is 14.5 Å². The van der Waals surface area contributed by atoms with E-state index in [9.17, 15) is 14.9 Å². The molecule has 1 aliphatic heterocycles. The van der Waals surface area contributed by atoms with Crippen LogP contribution in [0.2, 0.25) is 5.02 Å². The SMILES string of the molecule is N#Cc1ccccc1COc1ccc(Br)cc1C[C@@H]1SC(=O)N(Cc2ccc(Cl)cc2)C1=O. The van der Waals surface area contributed by atoms with Gasteiger partial charge >= 0.3 is 0 Å². The molecule has 0 bridgehead atoms. The molecule has 2 amide bonds. The predicted octanol–water partition coefficient (Wildman–Crippen LogP) is 6.36. The van der Waals surface area contributed by atoms with Crippen molar-refractivity contribution in [3.63, 3.8) is 0 Å². The Morgan fingerprint density at radius 2 is 1.82 bits per heavy atom. The number of hydrogen-bond donors (Lipinski definition) is 0. The van der Waals surface area contributed by atoms with Gasteiger partial charge in [0, 0.05) is 15.1 Å². The predicted molar refractivity (Wildman–Crippen MR) is 132 cm³/mol. The van der Waals surface area contributed by atoms with Crippen LogP contribution in [0.5, 0.6) is 5.75 Å². The van der Waals surface area contributed by atoms with Crippen molar-refractivity contribution in [2.45, 2.75) is 24.8 Å². The lowest BCUT2D eigenvalue weighted by molar-refractivity contribution is -0.127. The van der Waals surface area contributed by atoms with Gasteiger partial charge in [-0.15, -0.1) is 0 Å². The summed E-state index contributed by atoms with van der Waals surface area (Å²) >= 11 is 10.4. The molecule has 4 rings (SSSR count). The van der Waals surface area contributed by atoms with Crippen LogP contribution in [0.3, 0.4) is 0 Å². The molecule has 0 N–H and O–H groups in total. The van der Waals surface area contributed by atoms with E-state index in [0.29, 0.717) is 22.8 Å². The zero-order chi connectivity index (χ0) is 23.4. The molecule has 1 fully saturated rings. The monoisotopic (exact) mass is 540 g/mol. The van der Waals surface area contributed by atoms with Crippen molar-refractivity contribution in [1.29, 1.82) is 5.26 Å². The molecule has 1 saturated heterocycles. The van der Waals surface area contributed by atoms with Gasteiger partial charge in [0.05, 0.1) is 23.4 Å². The number of amides is 2. The van der Waals surface area contributed by atoms with Crippen LogP contribution in [-0.2, 0) is 24.4 Å². The normalized spacial score (nSPS) is 15.5. The summed E-state index contributed by atoms with van der Waals surface area (Å²) in [4.78, 5) is 26.9. The highest BCUT2D eigenvalue weighted by atomic mass is 79.9. The number of thioether (sulfide) groups is 1. The van der Waals surface area contributed by atoms with Gasteiger partial charge in [-0.1, -0.05) is 69.6 Å². The Morgan fingerprint density at radius 3 is 2.58 bits per heavy atom. The standard InChI is InChI=1S/C25H18BrClN2O3S/c26-20-7-10-22(32-15-18-4-2-1-3-17(18)13-28)19(11-20)12-23-24(30)29(25(31)33-23)14-16-5-8-21(27)9-6-16/h1-11,23H,12,14-15H2/t23-/m0/s1. The lowest BCUT2D eigenvalue weighted by atomic mass is 10.1. The molecule has 8 heteroatoms. The van der Waals surface area contributed by atoms with E-state index in [-0.39, 0.29) is 24.3 Å². The number of nitrogens with zero attached hydrogens (tertiary/aromatic N) is 2. The molecule has 1 heterocycles. The van der Waals surface area contributed by atoms with Gasteiger partial charge in [0.25, 0.3) is 5.24 Å². The van der Waals surface area contributed by atoms with Gasteiger partial charge in [-0.2, -0.15) is 5.26 Å². The van der Waals surface area contributed by atoms with E-state index in [4.69, 9.17) is 16.3 Å². The maximum absolute atomic E-state index is 13.0. The van der Waals surface area contributed by atoms with Crippen LogP contribution in [0.1, 0.15) is 22.3 Å². The number of halogens is 2. The third-order valence-electron chi connectivity index (χ3n) is 5.21. The first-order valence-electron chi connectivity index (χ1n) is 10.1. The Kier molecular flexibility index (Phi) is 7.39. The highest BCUT2D eigenvalue weighted by molar-refractivity contribution is 9.10. The van der Waals surface area contributed by atoms with E-state index in [2.05, 4.69) is 22.0 Å². The number of rotatable bonds is 7. The maximum atomic E-state index is 13.0. The molecule has 1 atom stereocenters. The molecule has 1 aliphatic rings. The summed E-state index contributed by atoms with van der Waals surface area (Å²) in [5, 5.41) is 9.10. The topological polar surface area (TPSA) is 70.4 Å². The average Bonchev–Trinajstić information content (AvgIpc) is 3.07. The van der Waals surface area contributed by atoms with Crippen LogP contribution in [-0.4, -0.2) is 21.3 Å². The number of benzene rings is 3. The van der Waals surface area contributed by atoms with E-state index in [1.165, 1.54) is 4.90 Å². The second kappa shape index (κ2) is 10.4. The molecule has 33 heavy (non-hydrogen) atoms. The second-order valence-electron chi connectivity index (χ2n) is 7.44. The summed E-state index contributed by atoms with van der Waals surface area (Å²) in [6, 6.07) is 22.1. The fourth-order valence-corrected chi connectivity index (χ4v) is 5.05. The van der Waals surface area contributed by atoms with Crippen molar-refractivity contribution in [3.05, 3.63) is 98.5 Å². The Hall–Kier alpha value is -2.79. The fourth-order valence-electron chi connectivity index (χ4n) is 3.50. The molecule has 0 spiro atoms. The zero-order valence-electron chi connectivity index (χ0n) is 17.3. The molecule has 3 aromatic rings. The van der Waals surface area contributed by atoms with Gasteiger partial charge < -0.3 is 4.74 Å². The summed E-state index contributed by atoms with van der Waals surface area (Å²) in [7, 11) is 0. The van der Waals surface area contributed by atoms with E-state index in [1.807, 2.05) is 36.4 Å². The number of ether oxygens (including phenoxy) is 1. The third kappa shape index (κ3) is 5.59. The van der Waals surface area contributed by atoms with Crippen molar-refractivity contribution in [1.82, 2.24) is 4.90 Å². The minimum Gasteiger partial charge on any atom is -0.489 e. The highest BCUT2D eigenvalue weighted by Crippen LogP contribution is 2.34. The summed E-state index contributed by atoms with van der Waals surface area (Å²) < 4.78 is 6.87. The van der Waals surface area contributed by atoms with E-state index >= 15 is 0 Å². The van der Waals surface area contributed by atoms with Crippen LogP contribution in [0.15, 0.2) is 71.2 Å². The molecule has 0 radical (unpaired) electrons. The molecular formula is C25H18BrClN2O3S. The van der Waals surface area contributed by atoms with Crippen LogP contribution >= 0.6 is 39.3 Å². The smallest absolute Gasteiger partial charge is 0.289 e. The van der Waals surface area contributed by atoms with Crippen molar-refractivity contribution in [3.8, 4) is 11.8 Å². The number of imide groups is 1. The Labute approximate surface area is 209 Å². The maximum Gasteiger partial charge on any atom is 0.289 e. The largest absolute Gasteiger partial charge is 0.489 e. The molecule has 166 valence electrons. The van der Waals surface area contributed by atoms with Crippen LogP contribution in [0.25, 0.3) is 0 Å². The van der Waals surface area contributed by atoms with E-state index in [0.717, 1.165) is 32.9 Å². The minimum absolute atomic E-state index is 0.213. The highest BCUT2D eigenvalue weighted by Gasteiger charge is 2.39. The van der Waals surface area contributed by atoms with Gasteiger partial charge in [0.2, 0.25) is 5.91 Å². The van der Waals surface area contributed by atoms with Crippen molar-refractivity contribution in [2.75, 3.05) is 0 Å². The summed E-state index contributed by atoms with van der Waals surface area (Å²) in [5.74, 6) is 0.392. The number of carbonyl (C=O) groups excluding carboxylic acids is 2. The molecule has 0 aliphatic carbocycles. The Balaban J connectivity index is 1.48. The summed E-state index contributed by atoms with van der Waals surface area (Å²) in [6.45, 7) is 0.441. The van der Waals surface area contributed by atoms with Crippen LogP contribution < -0.4 is 4.74 Å². The first-order chi connectivity index (χ1) is 15.9. The minimum atomic E-state index is -0.534. The number of carbonyl (C=O) groups is 2. The number of hydrogen-bond acceptors (Lipinski definition) is 5. The van der Waals surface area contributed by atoms with E-state index < -0.39 is 5.25 Å². The van der Waals surface area contributed by atoms with Crippen LogP contribution in [0.4, 0.5) is 4.79 Å².